The summed E-state index contributed by atoms with van der Waals surface area (Å²) in [5.41, 5.74) is 3.16. The van der Waals surface area contributed by atoms with Crippen molar-refractivity contribution in [1.82, 2.24) is 5.32 Å². The molecule has 0 unspecified atom stereocenters. The fourth-order valence-electron chi connectivity index (χ4n) is 4.64. The minimum atomic E-state index is -0.392. The number of rotatable bonds is 4. The lowest BCUT2D eigenvalue weighted by Crippen LogP contribution is -2.40. The number of carbonyl (C=O) groups is 1. The second kappa shape index (κ2) is 7.34. The first-order valence-corrected chi connectivity index (χ1v) is 10.2. The molecule has 0 aromatic heterocycles. The van der Waals surface area contributed by atoms with Crippen molar-refractivity contribution in [2.75, 3.05) is 18.0 Å². The lowest BCUT2D eigenvalue weighted by atomic mass is 9.82. The highest BCUT2D eigenvalue weighted by atomic mass is 16.6. The van der Waals surface area contributed by atoms with Crippen LogP contribution in [0.1, 0.15) is 69.9 Å². The molecule has 1 aliphatic carbocycles. The molecule has 2 fully saturated rings. The first kappa shape index (κ1) is 17.4. The van der Waals surface area contributed by atoms with E-state index in [1.54, 1.807) is 6.08 Å². The van der Waals surface area contributed by atoms with Gasteiger partial charge in [0, 0.05) is 30.9 Å². The van der Waals surface area contributed by atoms with Crippen LogP contribution in [0.4, 0.5) is 5.69 Å². The maximum absolute atomic E-state index is 11.9. The molecule has 2 aliphatic heterocycles. The Balaban J connectivity index is 1.44. The average Bonchev–Trinajstić information content (AvgIpc) is 2.97. The number of ether oxygens (including phenoxy) is 1. The Hall–Kier alpha value is -1.97. The van der Waals surface area contributed by atoms with Crippen molar-refractivity contribution in [3.8, 4) is 0 Å². The zero-order chi connectivity index (χ0) is 18.0. The summed E-state index contributed by atoms with van der Waals surface area (Å²) in [6.45, 7) is 4.50. The fraction of sp³-hybridized carbons (Fsp3) is 0.591. The van der Waals surface area contributed by atoms with E-state index in [0.717, 1.165) is 31.4 Å². The minimum Gasteiger partial charge on any atom is -0.449 e. The Morgan fingerprint density at radius 3 is 2.35 bits per heavy atom. The zero-order valence-electron chi connectivity index (χ0n) is 15.8. The Morgan fingerprint density at radius 1 is 1.00 bits per heavy atom. The predicted molar refractivity (Wildman–Crippen MR) is 104 cm³/mol. The van der Waals surface area contributed by atoms with Crippen LogP contribution in [0, 0.1) is 0 Å². The van der Waals surface area contributed by atoms with Gasteiger partial charge >= 0.3 is 5.97 Å². The molecule has 1 atom stereocenters. The van der Waals surface area contributed by atoms with E-state index >= 15 is 0 Å². The number of benzene rings is 1. The standard InChI is InChI=1S/C22H30N2O2/c1-17(18-8-10-19(11-9-18)24-14-6-3-7-15-24)23-20-16-21(25)26-22(20)12-4-2-5-13-22/h8-11,16-17,23H,2-7,12-15H2,1H3/t17-/m0/s1. The van der Waals surface area contributed by atoms with Crippen molar-refractivity contribution in [2.24, 2.45) is 0 Å². The fourth-order valence-corrected chi connectivity index (χ4v) is 4.64. The Bertz CT molecular complexity index is 668. The molecule has 26 heavy (non-hydrogen) atoms. The van der Waals surface area contributed by atoms with E-state index in [1.807, 2.05) is 0 Å². The number of anilines is 1. The van der Waals surface area contributed by atoms with Gasteiger partial charge in [-0.1, -0.05) is 18.6 Å². The highest BCUT2D eigenvalue weighted by molar-refractivity contribution is 5.86. The third-order valence-electron chi connectivity index (χ3n) is 6.20. The normalized spacial score (nSPS) is 23.5. The Labute approximate surface area is 156 Å². The number of hydrogen-bond acceptors (Lipinski definition) is 4. The second-order valence-electron chi connectivity index (χ2n) is 8.04. The molecule has 2 heterocycles. The highest BCUT2D eigenvalue weighted by Gasteiger charge is 2.44. The number of hydrogen-bond donors (Lipinski definition) is 1. The molecule has 1 N–H and O–H groups in total. The summed E-state index contributed by atoms with van der Waals surface area (Å²) in [7, 11) is 0. The van der Waals surface area contributed by atoms with Gasteiger partial charge in [0.2, 0.25) is 0 Å². The van der Waals surface area contributed by atoms with Crippen LogP contribution in [0.2, 0.25) is 0 Å². The van der Waals surface area contributed by atoms with Gasteiger partial charge in [0.1, 0.15) is 0 Å². The summed E-state index contributed by atoms with van der Waals surface area (Å²) in [6.07, 6.45) is 11.0. The first-order valence-electron chi connectivity index (χ1n) is 10.2. The third-order valence-corrected chi connectivity index (χ3v) is 6.20. The largest absolute Gasteiger partial charge is 0.449 e. The average molecular weight is 354 g/mol. The van der Waals surface area contributed by atoms with E-state index in [-0.39, 0.29) is 12.0 Å². The van der Waals surface area contributed by atoms with Crippen molar-refractivity contribution in [1.29, 1.82) is 0 Å². The van der Waals surface area contributed by atoms with Crippen LogP contribution in [0.15, 0.2) is 36.0 Å². The van der Waals surface area contributed by atoms with Crippen LogP contribution in [-0.2, 0) is 9.53 Å². The van der Waals surface area contributed by atoms with Crippen LogP contribution in [0.25, 0.3) is 0 Å². The number of nitrogens with one attached hydrogen (secondary N) is 1. The topological polar surface area (TPSA) is 41.6 Å². The maximum atomic E-state index is 11.9. The van der Waals surface area contributed by atoms with E-state index in [0.29, 0.717) is 0 Å². The summed E-state index contributed by atoms with van der Waals surface area (Å²) in [5.74, 6) is -0.193. The lowest BCUT2D eigenvalue weighted by Gasteiger charge is -2.36. The van der Waals surface area contributed by atoms with Gasteiger partial charge in [-0.05, 0) is 69.6 Å². The number of carbonyl (C=O) groups excluding carboxylic acids is 1. The molecular weight excluding hydrogens is 324 g/mol. The SMILES string of the molecule is C[C@H](NC1=CC(=O)OC12CCCCC2)c1ccc(N2CCCCC2)cc1. The van der Waals surface area contributed by atoms with Crippen LogP contribution in [0.5, 0.6) is 0 Å². The van der Waals surface area contributed by atoms with E-state index < -0.39 is 5.60 Å². The monoisotopic (exact) mass is 354 g/mol. The molecule has 1 saturated heterocycles. The van der Waals surface area contributed by atoms with Crippen LogP contribution in [-0.4, -0.2) is 24.7 Å². The van der Waals surface area contributed by atoms with Gasteiger partial charge in [-0.15, -0.1) is 0 Å². The third kappa shape index (κ3) is 3.46. The van der Waals surface area contributed by atoms with E-state index in [4.69, 9.17) is 4.74 Å². The van der Waals surface area contributed by atoms with Crippen molar-refractivity contribution >= 4 is 11.7 Å². The highest BCUT2D eigenvalue weighted by Crippen LogP contribution is 2.41. The lowest BCUT2D eigenvalue weighted by molar-refractivity contribution is -0.148. The summed E-state index contributed by atoms with van der Waals surface area (Å²) in [5, 5.41) is 3.59. The van der Waals surface area contributed by atoms with Gasteiger partial charge in [-0.3, -0.25) is 0 Å². The molecule has 3 aliphatic rings. The van der Waals surface area contributed by atoms with Gasteiger partial charge in [0.15, 0.2) is 5.60 Å². The van der Waals surface area contributed by atoms with Crippen LogP contribution >= 0.6 is 0 Å². The van der Waals surface area contributed by atoms with Crippen LogP contribution in [0.3, 0.4) is 0 Å². The molecular formula is C22H30N2O2. The summed E-state index contributed by atoms with van der Waals surface area (Å²) < 4.78 is 5.74. The molecule has 4 heteroatoms. The molecule has 140 valence electrons. The van der Waals surface area contributed by atoms with E-state index in [9.17, 15) is 4.79 Å². The van der Waals surface area contributed by atoms with Gasteiger partial charge in [-0.2, -0.15) is 0 Å². The summed E-state index contributed by atoms with van der Waals surface area (Å²) in [4.78, 5) is 14.4. The number of piperidine rings is 1. The first-order chi connectivity index (χ1) is 12.7. The van der Waals surface area contributed by atoms with Crippen molar-refractivity contribution in [3.63, 3.8) is 0 Å². The maximum Gasteiger partial charge on any atom is 0.333 e. The minimum absolute atomic E-state index is 0.157. The van der Waals surface area contributed by atoms with Crippen molar-refractivity contribution in [2.45, 2.75) is 69.9 Å². The zero-order valence-corrected chi connectivity index (χ0v) is 15.8. The summed E-state index contributed by atoms with van der Waals surface area (Å²) in [6, 6.07) is 9.06. The molecule has 0 radical (unpaired) electrons. The van der Waals surface area contributed by atoms with Crippen LogP contribution < -0.4 is 10.2 Å². The molecule has 1 aromatic rings. The molecule has 4 rings (SSSR count). The molecule has 1 aromatic carbocycles. The molecule has 1 saturated carbocycles. The number of esters is 1. The van der Waals surface area contributed by atoms with Gasteiger partial charge in [0.25, 0.3) is 0 Å². The van der Waals surface area contributed by atoms with E-state index in [1.165, 1.54) is 50.0 Å². The summed E-state index contributed by atoms with van der Waals surface area (Å²) >= 11 is 0. The molecule has 4 nitrogen and oxygen atoms in total. The Kier molecular flexibility index (Phi) is 4.92. The van der Waals surface area contributed by atoms with Gasteiger partial charge < -0.3 is 15.0 Å². The smallest absolute Gasteiger partial charge is 0.333 e. The van der Waals surface area contributed by atoms with Gasteiger partial charge in [-0.25, -0.2) is 4.79 Å². The van der Waals surface area contributed by atoms with Crippen molar-refractivity contribution < 1.29 is 9.53 Å². The second-order valence-corrected chi connectivity index (χ2v) is 8.04. The molecule has 0 amide bonds. The molecule has 0 bridgehead atoms. The van der Waals surface area contributed by atoms with Gasteiger partial charge in [0.05, 0.1) is 5.70 Å². The molecule has 1 spiro atoms. The Morgan fingerprint density at radius 2 is 1.65 bits per heavy atom. The van der Waals surface area contributed by atoms with E-state index in [2.05, 4.69) is 41.4 Å². The predicted octanol–water partition coefficient (Wildman–Crippen LogP) is 4.47. The quantitative estimate of drug-likeness (QED) is 0.810. The number of nitrogens with zero attached hydrogens (tertiary/aromatic N) is 1. The van der Waals surface area contributed by atoms with Crippen molar-refractivity contribution in [3.05, 3.63) is 41.6 Å².